The molecular formula is C26H30FN7S. The van der Waals surface area contributed by atoms with Crippen LogP contribution in [0.5, 0.6) is 0 Å². The van der Waals surface area contributed by atoms with E-state index < -0.39 is 0 Å². The number of hydrogen-bond donors (Lipinski definition) is 0. The van der Waals surface area contributed by atoms with Crippen LogP contribution >= 0.6 is 11.9 Å². The van der Waals surface area contributed by atoms with Crippen molar-refractivity contribution in [1.29, 1.82) is 0 Å². The van der Waals surface area contributed by atoms with Crippen LogP contribution in [-0.4, -0.2) is 60.2 Å². The van der Waals surface area contributed by atoms with Crippen molar-refractivity contribution in [1.82, 2.24) is 34.0 Å². The smallest absolute Gasteiger partial charge is 0.153 e. The largest absolute Gasteiger partial charge is 0.293 e. The van der Waals surface area contributed by atoms with Crippen LogP contribution in [-0.2, 0) is 7.05 Å². The first-order valence-corrected chi connectivity index (χ1v) is 13.0. The van der Waals surface area contributed by atoms with Crippen LogP contribution < -0.4 is 0 Å². The molecule has 1 aliphatic carbocycles. The third kappa shape index (κ3) is 4.60. The summed E-state index contributed by atoms with van der Waals surface area (Å²) in [5.74, 6) is 1.40. The second-order valence-electron chi connectivity index (χ2n) is 9.94. The molecule has 1 aliphatic heterocycles. The highest BCUT2D eigenvalue weighted by atomic mass is 32.2. The highest BCUT2D eigenvalue weighted by Gasteiger charge is 2.38. The number of hydrogen-bond acceptors (Lipinski definition) is 6. The van der Waals surface area contributed by atoms with Crippen LogP contribution in [0.4, 0.5) is 4.39 Å². The number of fused-ring (bicyclic) bond motifs is 1. The van der Waals surface area contributed by atoms with Gasteiger partial charge in [0.25, 0.3) is 0 Å². The van der Waals surface area contributed by atoms with Crippen LogP contribution in [0.3, 0.4) is 0 Å². The van der Waals surface area contributed by atoms with Crippen molar-refractivity contribution in [2.75, 3.05) is 26.2 Å². The molecule has 1 saturated carbocycles. The number of benzene rings is 2. The van der Waals surface area contributed by atoms with Gasteiger partial charge in [0, 0.05) is 44.7 Å². The average molecular weight is 492 g/mol. The molecule has 3 unspecified atom stereocenters. The van der Waals surface area contributed by atoms with E-state index >= 15 is 0 Å². The minimum Gasteiger partial charge on any atom is -0.293 e. The van der Waals surface area contributed by atoms with Gasteiger partial charge in [-0.3, -0.25) is 4.90 Å². The molecule has 0 amide bonds. The van der Waals surface area contributed by atoms with Crippen molar-refractivity contribution in [2.24, 2.45) is 18.9 Å². The van der Waals surface area contributed by atoms with Gasteiger partial charge in [-0.25, -0.2) is 13.4 Å². The Labute approximate surface area is 209 Å². The molecule has 0 bridgehead atoms. The Morgan fingerprint density at radius 2 is 1.89 bits per heavy atom. The van der Waals surface area contributed by atoms with E-state index in [0.29, 0.717) is 6.04 Å². The first-order valence-electron chi connectivity index (χ1n) is 12.2. The van der Waals surface area contributed by atoms with E-state index in [4.69, 9.17) is 0 Å². The Bertz CT molecular complexity index is 1350. The summed E-state index contributed by atoms with van der Waals surface area (Å²) in [6, 6.07) is 11.3. The normalized spacial score (nSPS) is 23.3. The number of piperazine rings is 1. The summed E-state index contributed by atoms with van der Waals surface area (Å²) in [5, 5.41) is 15.4. The molecule has 2 aromatic carbocycles. The SMILES string of the molecule is Cc1cc2c(cnn2-c2ccc(F)cc2)cc1C1CN(Sc2cnn(C)n2)CCN1CC1CC1C. The first kappa shape index (κ1) is 22.7. The molecule has 4 aromatic rings. The van der Waals surface area contributed by atoms with E-state index in [1.165, 1.54) is 29.7 Å². The molecule has 9 heteroatoms. The lowest BCUT2D eigenvalue weighted by molar-refractivity contribution is 0.116. The van der Waals surface area contributed by atoms with Crippen LogP contribution in [0.15, 0.2) is 53.8 Å². The predicted molar refractivity (Wildman–Crippen MR) is 136 cm³/mol. The first-order chi connectivity index (χ1) is 16.9. The maximum Gasteiger partial charge on any atom is 0.153 e. The van der Waals surface area contributed by atoms with Gasteiger partial charge in [0.15, 0.2) is 5.03 Å². The molecule has 2 fully saturated rings. The minimum absolute atomic E-state index is 0.241. The van der Waals surface area contributed by atoms with Gasteiger partial charge in [0.1, 0.15) is 5.82 Å². The summed E-state index contributed by atoms with van der Waals surface area (Å²) in [5.41, 5.74) is 4.52. The van der Waals surface area contributed by atoms with Crippen molar-refractivity contribution in [3.63, 3.8) is 0 Å². The lowest BCUT2D eigenvalue weighted by Crippen LogP contribution is -2.46. The molecule has 0 spiro atoms. The molecule has 6 rings (SSSR count). The lowest BCUT2D eigenvalue weighted by atomic mass is 9.96. The van der Waals surface area contributed by atoms with Crippen molar-refractivity contribution < 1.29 is 4.39 Å². The van der Waals surface area contributed by atoms with Crippen LogP contribution in [0.1, 0.15) is 30.5 Å². The van der Waals surface area contributed by atoms with Gasteiger partial charge >= 0.3 is 0 Å². The number of nitrogens with zero attached hydrogens (tertiary/aromatic N) is 7. The van der Waals surface area contributed by atoms with Crippen LogP contribution in [0.2, 0.25) is 0 Å². The molecule has 182 valence electrons. The summed E-state index contributed by atoms with van der Waals surface area (Å²) in [6.07, 6.45) is 5.09. The fourth-order valence-corrected chi connectivity index (χ4v) is 6.09. The quantitative estimate of drug-likeness (QED) is 0.367. The van der Waals surface area contributed by atoms with Gasteiger partial charge in [-0.05, 0) is 84.7 Å². The summed E-state index contributed by atoms with van der Waals surface area (Å²) in [6.45, 7) is 8.68. The Kier molecular flexibility index (Phi) is 5.86. The summed E-state index contributed by atoms with van der Waals surface area (Å²) in [4.78, 5) is 4.29. The minimum atomic E-state index is -0.241. The van der Waals surface area contributed by atoms with Gasteiger partial charge in [0.2, 0.25) is 0 Å². The second kappa shape index (κ2) is 9.04. The Balaban J connectivity index is 1.32. The topological polar surface area (TPSA) is 55.0 Å². The van der Waals surface area contributed by atoms with Crippen molar-refractivity contribution in [3.05, 3.63) is 65.7 Å². The van der Waals surface area contributed by atoms with Crippen molar-refractivity contribution in [2.45, 2.75) is 31.3 Å². The molecule has 35 heavy (non-hydrogen) atoms. The Morgan fingerprint density at radius 1 is 1.09 bits per heavy atom. The zero-order valence-corrected chi connectivity index (χ0v) is 21.1. The maximum atomic E-state index is 13.4. The second-order valence-corrected chi connectivity index (χ2v) is 11.1. The van der Waals surface area contributed by atoms with E-state index in [1.807, 2.05) is 24.1 Å². The monoisotopic (exact) mass is 491 g/mol. The molecule has 2 aromatic heterocycles. The maximum absolute atomic E-state index is 13.4. The summed E-state index contributed by atoms with van der Waals surface area (Å²) in [7, 11) is 1.85. The van der Waals surface area contributed by atoms with Gasteiger partial charge < -0.3 is 0 Å². The highest BCUT2D eigenvalue weighted by Crippen LogP contribution is 2.42. The fourth-order valence-electron chi connectivity index (χ4n) is 5.19. The zero-order chi connectivity index (χ0) is 24.1. The van der Waals surface area contributed by atoms with Crippen LogP contribution in [0, 0.1) is 24.6 Å². The van der Waals surface area contributed by atoms with E-state index in [-0.39, 0.29) is 5.82 Å². The fraction of sp³-hybridized carbons (Fsp3) is 0.423. The number of aromatic nitrogens is 5. The average Bonchev–Trinajstić information content (AvgIpc) is 3.18. The van der Waals surface area contributed by atoms with Gasteiger partial charge in [-0.15, -0.1) is 5.10 Å². The van der Waals surface area contributed by atoms with E-state index in [9.17, 15) is 4.39 Å². The molecule has 0 radical (unpaired) electrons. The molecule has 0 N–H and O–H groups in total. The molecule has 7 nitrogen and oxygen atoms in total. The third-order valence-electron chi connectivity index (χ3n) is 7.39. The highest BCUT2D eigenvalue weighted by molar-refractivity contribution is 7.97. The van der Waals surface area contributed by atoms with Gasteiger partial charge in [0.05, 0.1) is 23.6 Å². The molecule has 1 saturated heterocycles. The van der Waals surface area contributed by atoms with E-state index in [2.05, 4.69) is 50.5 Å². The van der Waals surface area contributed by atoms with Gasteiger partial charge in [-0.1, -0.05) is 6.92 Å². The Hall–Kier alpha value is -2.75. The molecule has 2 aliphatic rings. The standard InChI is InChI=1S/C26H30FN7S/c1-17-10-20(17)15-32-8-9-33(35-26-14-28-31(3)30-26)16-25(32)23-12-19-13-29-34(24(19)11-18(23)2)22-6-4-21(27)5-7-22/h4-7,11-14,17,20,25H,8-10,15-16H2,1-3H3. The van der Waals surface area contributed by atoms with Gasteiger partial charge in [-0.2, -0.15) is 15.0 Å². The molecule has 3 atom stereocenters. The zero-order valence-electron chi connectivity index (χ0n) is 20.3. The third-order valence-corrected chi connectivity index (χ3v) is 8.35. The number of halogens is 1. The Morgan fingerprint density at radius 3 is 2.60 bits per heavy atom. The van der Waals surface area contributed by atoms with Crippen LogP contribution in [0.25, 0.3) is 16.6 Å². The predicted octanol–water partition coefficient (Wildman–Crippen LogP) is 4.62. The lowest BCUT2D eigenvalue weighted by Gasteiger charge is -2.41. The van der Waals surface area contributed by atoms with Crippen molar-refractivity contribution in [3.8, 4) is 5.69 Å². The number of rotatable bonds is 6. The van der Waals surface area contributed by atoms with E-state index in [1.54, 1.807) is 28.9 Å². The summed E-state index contributed by atoms with van der Waals surface area (Å²) >= 11 is 1.70. The van der Waals surface area contributed by atoms with E-state index in [0.717, 1.165) is 59.6 Å². The molecule has 3 heterocycles. The number of aryl methyl sites for hydroxylation is 2. The molecular weight excluding hydrogens is 461 g/mol. The van der Waals surface area contributed by atoms with Crippen molar-refractivity contribution >= 4 is 22.9 Å². The summed E-state index contributed by atoms with van der Waals surface area (Å²) < 4.78 is 17.8.